The smallest absolute Gasteiger partial charge is 0.550 e. The second-order valence-corrected chi connectivity index (χ2v) is 2.05. The van der Waals surface area contributed by atoms with E-state index in [9.17, 15) is 0 Å². The van der Waals surface area contributed by atoms with Gasteiger partial charge in [0.15, 0.2) is 0 Å². The molecule has 0 aromatic carbocycles. The first kappa shape index (κ1) is 36.1. The van der Waals surface area contributed by atoms with E-state index in [4.69, 9.17) is 39.6 Å². The number of carboxylic acid groups (broad SMARTS) is 4. The van der Waals surface area contributed by atoms with Gasteiger partial charge in [-0.15, -0.1) is 0 Å². The van der Waals surface area contributed by atoms with Crippen LogP contribution in [0.4, 0.5) is 0 Å². The Morgan fingerprint density at radius 1 is 0.722 bits per heavy atom. The predicted molar refractivity (Wildman–Crippen MR) is 50.6 cm³/mol. The molecule has 0 saturated carbocycles. The van der Waals surface area contributed by atoms with Crippen LogP contribution in [0.1, 0.15) is 27.7 Å². The summed E-state index contributed by atoms with van der Waals surface area (Å²) < 4.78 is 0. The van der Waals surface area contributed by atoms with Gasteiger partial charge >= 0.3 is 51.4 Å². The van der Waals surface area contributed by atoms with E-state index in [2.05, 4.69) is 0 Å². The topological polar surface area (TPSA) is 152 Å². The van der Waals surface area contributed by atoms with Crippen LogP contribution in [-0.2, 0) is 36.2 Å². The molecule has 0 aromatic heterocycles. The van der Waals surface area contributed by atoms with Crippen molar-refractivity contribution in [3.63, 3.8) is 0 Å². The second kappa shape index (κ2) is 30.2. The zero-order valence-electron chi connectivity index (χ0n) is 10.8. The fourth-order valence-electron chi connectivity index (χ4n) is 0. The van der Waals surface area contributed by atoms with Gasteiger partial charge < -0.3 is 25.2 Å². The zero-order valence-corrected chi connectivity index (χ0v) is 15.1. The first-order chi connectivity index (χ1) is 6.93. The number of hydrogen-bond donors (Lipinski definition) is 3. The van der Waals surface area contributed by atoms with E-state index in [1.165, 1.54) is 0 Å². The summed E-state index contributed by atoms with van der Waals surface area (Å²) in [6.45, 7) is 4.22. The molecule has 0 rings (SSSR count). The summed E-state index contributed by atoms with van der Waals surface area (Å²) in [4.78, 5) is 35.9. The van der Waals surface area contributed by atoms with Crippen LogP contribution < -0.4 is 56.5 Å². The summed E-state index contributed by atoms with van der Waals surface area (Å²) in [6, 6.07) is 0. The van der Waals surface area contributed by atoms with Crippen molar-refractivity contribution >= 4 is 23.9 Å². The van der Waals surface area contributed by atoms with Crippen molar-refractivity contribution in [2.75, 3.05) is 0 Å². The van der Waals surface area contributed by atoms with Crippen molar-refractivity contribution in [1.29, 1.82) is 0 Å². The molecule has 0 fully saturated rings. The van der Waals surface area contributed by atoms with Crippen LogP contribution in [0.15, 0.2) is 0 Å². The van der Waals surface area contributed by atoms with E-state index in [-0.39, 0.29) is 68.5 Å². The molecule has 0 spiro atoms. The monoisotopic (exact) mass is 333 g/mol. The van der Waals surface area contributed by atoms with Gasteiger partial charge in [-0.25, -0.2) is 0 Å². The Morgan fingerprint density at radius 3 is 0.722 bits per heavy atom. The van der Waals surface area contributed by atoms with Crippen LogP contribution in [0.2, 0.25) is 0 Å². The van der Waals surface area contributed by atoms with E-state index in [0.717, 1.165) is 27.7 Å². The molecule has 3 N–H and O–H groups in total. The van der Waals surface area contributed by atoms with Crippen LogP contribution >= 0.6 is 0 Å². The molecule has 0 amide bonds. The molecule has 10 heteroatoms. The SMILES string of the molecule is CC(=O)O.CC(=O)O.CC(=O)O.CC(=O)[O-].[K+].[Mn]. The molecule has 0 aliphatic carbocycles. The number of rotatable bonds is 0. The minimum Gasteiger partial charge on any atom is -0.550 e. The minimum atomic E-state index is -1.08. The van der Waals surface area contributed by atoms with Crippen LogP contribution in [0.5, 0.6) is 0 Å². The third-order valence-corrected chi connectivity index (χ3v) is 0. The molecule has 1 radical (unpaired) electrons. The third kappa shape index (κ3) is 2820000. The Morgan fingerprint density at radius 2 is 0.722 bits per heavy atom. The van der Waals surface area contributed by atoms with Crippen LogP contribution in [0, 0.1) is 0 Å². The fraction of sp³-hybridized carbons (Fsp3) is 0.500. The quantitative estimate of drug-likeness (QED) is 0.380. The summed E-state index contributed by atoms with van der Waals surface area (Å²) in [5.41, 5.74) is 0. The third-order valence-electron chi connectivity index (χ3n) is 0. The maximum Gasteiger partial charge on any atom is 1.00 e. The fourth-order valence-corrected chi connectivity index (χ4v) is 0. The maximum atomic E-state index is 9.00. The predicted octanol–water partition coefficient (Wildman–Crippen LogP) is -3.97. The van der Waals surface area contributed by atoms with Gasteiger partial charge in [-0.05, 0) is 6.92 Å². The van der Waals surface area contributed by atoms with E-state index < -0.39 is 23.9 Å². The number of aliphatic carboxylic acids is 4. The number of hydrogen-bond acceptors (Lipinski definition) is 5. The van der Waals surface area contributed by atoms with Crippen LogP contribution in [-0.4, -0.2) is 39.2 Å². The van der Waals surface area contributed by atoms with Gasteiger partial charge in [-0.2, -0.15) is 0 Å². The van der Waals surface area contributed by atoms with Gasteiger partial charge in [-0.1, -0.05) is 0 Å². The second-order valence-electron chi connectivity index (χ2n) is 2.05. The molecule has 0 aromatic rings. The summed E-state index contributed by atoms with van der Waals surface area (Å²) in [6.07, 6.45) is 0. The standard InChI is InChI=1S/4C2H4O2.K.Mn/c4*1-2(3)4;;/h4*1H3,(H,3,4);;/q;;;;+1;/p-1. The largest absolute Gasteiger partial charge is 1.00 e. The van der Waals surface area contributed by atoms with Gasteiger partial charge in [-0.3, -0.25) is 14.4 Å². The van der Waals surface area contributed by atoms with Gasteiger partial charge in [0.2, 0.25) is 0 Å². The van der Waals surface area contributed by atoms with E-state index in [1.54, 1.807) is 0 Å². The summed E-state index contributed by atoms with van der Waals surface area (Å²) in [7, 11) is 0. The van der Waals surface area contributed by atoms with Crippen LogP contribution in [0.3, 0.4) is 0 Å². The van der Waals surface area contributed by atoms with Gasteiger partial charge in [0, 0.05) is 43.8 Å². The van der Waals surface area contributed by atoms with Gasteiger partial charge in [0.05, 0.1) is 0 Å². The van der Waals surface area contributed by atoms with Crippen LogP contribution in [0.25, 0.3) is 0 Å². The average molecular weight is 333 g/mol. The normalized spacial score (nSPS) is 5.56. The molecule has 0 saturated heterocycles. The molecular formula is C8H15KMnO8. The van der Waals surface area contributed by atoms with Crippen molar-refractivity contribution in [3.8, 4) is 0 Å². The van der Waals surface area contributed by atoms with Crippen molar-refractivity contribution in [2.45, 2.75) is 27.7 Å². The maximum absolute atomic E-state index is 9.00. The molecule has 0 aliphatic rings. The van der Waals surface area contributed by atoms with E-state index in [1.807, 2.05) is 0 Å². The molecule has 0 atom stereocenters. The van der Waals surface area contributed by atoms with Crippen molar-refractivity contribution in [2.24, 2.45) is 0 Å². The number of carbonyl (C=O) groups excluding carboxylic acids is 1. The molecule has 0 bridgehead atoms. The Hall–Kier alpha value is 0.0358. The number of carboxylic acids is 4. The van der Waals surface area contributed by atoms with Crippen molar-refractivity contribution in [3.05, 3.63) is 0 Å². The van der Waals surface area contributed by atoms with Crippen molar-refractivity contribution in [1.82, 2.24) is 0 Å². The van der Waals surface area contributed by atoms with Gasteiger partial charge in [0.1, 0.15) is 0 Å². The molecule has 0 heterocycles. The number of carbonyl (C=O) groups is 4. The minimum absolute atomic E-state index is 0. The van der Waals surface area contributed by atoms with Gasteiger partial charge in [0.25, 0.3) is 17.9 Å². The summed E-state index contributed by atoms with van der Waals surface area (Å²) >= 11 is 0. The Labute approximate surface area is 158 Å². The first-order valence-electron chi connectivity index (χ1n) is 3.69. The Balaban J connectivity index is -0.0000000257. The average Bonchev–Trinajstić information content (AvgIpc) is 1.76. The zero-order chi connectivity index (χ0) is 14.3. The van der Waals surface area contributed by atoms with Crippen molar-refractivity contribution < 1.29 is 108 Å². The first-order valence-corrected chi connectivity index (χ1v) is 3.69. The van der Waals surface area contributed by atoms with E-state index in [0.29, 0.717) is 0 Å². The molecule has 103 valence electrons. The Kier molecular flexibility index (Phi) is 60.7. The Bertz CT molecular complexity index is 167. The molecule has 8 nitrogen and oxygen atoms in total. The molecule has 18 heavy (non-hydrogen) atoms. The summed E-state index contributed by atoms with van der Waals surface area (Å²) in [5.74, 6) is -3.58. The molecule has 0 aliphatic heterocycles. The summed E-state index contributed by atoms with van der Waals surface area (Å²) in [5, 5.41) is 31.1. The molecule has 0 unspecified atom stereocenters. The molecular weight excluding hydrogens is 318 g/mol. The van der Waals surface area contributed by atoms with E-state index >= 15 is 0 Å².